The van der Waals surface area contributed by atoms with Crippen molar-refractivity contribution in [1.29, 1.82) is 0 Å². The summed E-state index contributed by atoms with van der Waals surface area (Å²) in [6.45, 7) is 0. The van der Waals surface area contributed by atoms with Crippen molar-refractivity contribution in [2.45, 2.75) is 0 Å². The molecule has 0 spiro atoms. The maximum Gasteiger partial charge on any atom is 0.349 e. The largest absolute Gasteiger partial charge is 0.493 e. The van der Waals surface area contributed by atoms with Crippen molar-refractivity contribution in [2.75, 3.05) is 14.2 Å². The van der Waals surface area contributed by atoms with Crippen molar-refractivity contribution >= 4 is 22.6 Å². The molecule has 2 aromatic heterocycles. The molecule has 0 saturated heterocycles. The predicted octanol–water partition coefficient (Wildman–Crippen LogP) is 4.18. The van der Waals surface area contributed by atoms with Gasteiger partial charge in [-0.05, 0) is 36.4 Å². The summed E-state index contributed by atoms with van der Waals surface area (Å²) >= 11 is 6.01. The van der Waals surface area contributed by atoms with Crippen LogP contribution in [0.1, 0.15) is 0 Å². The summed E-state index contributed by atoms with van der Waals surface area (Å²) in [5.41, 5.74) is 0.547. The van der Waals surface area contributed by atoms with Crippen LogP contribution in [0.25, 0.3) is 33.8 Å². The van der Waals surface area contributed by atoms with Gasteiger partial charge in [-0.25, -0.2) is 4.79 Å². The predicted molar refractivity (Wildman–Crippen MR) is 99.3 cm³/mol. The van der Waals surface area contributed by atoms with Crippen molar-refractivity contribution in [3.05, 3.63) is 57.9 Å². The number of halogens is 1. The summed E-state index contributed by atoms with van der Waals surface area (Å²) in [5.74, 6) is 1.28. The van der Waals surface area contributed by atoms with Crippen LogP contribution in [0.3, 0.4) is 0 Å². The molecule has 8 heteroatoms. The Balaban J connectivity index is 1.83. The molecular weight excluding hydrogens is 372 g/mol. The highest BCUT2D eigenvalue weighted by molar-refractivity contribution is 6.31. The minimum absolute atomic E-state index is 0.0329. The fraction of sp³-hybridized carbons (Fsp3) is 0.105. The molecule has 27 heavy (non-hydrogen) atoms. The van der Waals surface area contributed by atoms with Gasteiger partial charge in [-0.1, -0.05) is 22.8 Å². The SMILES string of the molecule is COc1cccc(-c2noc(-c3cc4cc(Cl)ccc4oc3=O)n2)c1OC. The Labute approximate surface area is 158 Å². The molecular formula is C19H13ClN2O5. The summed E-state index contributed by atoms with van der Waals surface area (Å²) in [6, 6.07) is 11.9. The number of ether oxygens (including phenoxy) is 2. The topological polar surface area (TPSA) is 87.6 Å². The van der Waals surface area contributed by atoms with Gasteiger partial charge in [0.2, 0.25) is 5.82 Å². The molecule has 4 rings (SSSR count). The summed E-state index contributed by atoms with van der Waals surface area (Å²) in [7, 11) is 3.05. The van der Waals surface area contributed by atoms with E-state index in [1.54, 1.807) is 42.5 Å². The van der Waals surface area contributed by atoms with E-state index in [1.165, 1.54) is 14.2 Å². The summed E-state index contributed by atoms with van der Waals surface area (Å²) in [5, 5.41) is 5.13. The molecule has 136 valence electrons. The fourth-order valence-electron chi connectivity index (χ4n) is 2.75. The first kappa shape index (κ1) is 17.1. The first-order chi connectivity index (χ1) is 13.1. The molecule has 0 atom stereocenters. The Morgan fingerprint density at radius 1 is 1.04 bits per heavy atom. The van der Waals surface area contributed by atoms with Gasteiger partial charge in [0.25, 0.3) is 5.89 Å². The van der Waals surface area contributed by atoms with Crippen LogP contribution in [0.4, 0.5) is 0 Å². The van der Waals surface area contributed by atoms with Crippen LogP contribution in [-0.4, -0.2) is 24.4 Å². The molecule has 0 amide bonds. The molecule has 0 aliphatic rings. The van der Waals surface area contributed by atoms with Gasteiger partial charge in [-0.3, -0.25) is 0 Å². The highest BCUT2D eigenvalue weighted by atomic mass is 35.5. The first-order valence-electron chi connectivity index (χ1n) is 7.89. The number of hydrogen-bond acceptors (Lipinski definition) is 7. The molecule has 0 saturated carbocycles. The van der Waals surface area contributed by atoms with Crippen LogP contribution >= 0.6 is 11.6 Å². The lowest BCUT2D eigenvalue weighted by molar-refractivity contribution is 0.355. The lowest BCUT2D eigenvalue weighted by Crippen LogP contribution is -2.02. The van der Waals surface area contributed by atoms with Gasteiger partial charge in [0.05, 0.1) is 19.8 Å². The highest BCUT2D eigenvalue weighted by Crippen LogP contribution is 2.37. The third-order valence-corrected chi connectivity index (χ3v) is 4.23. The van der Waals surface area contributed by atoms with Crippen molar-refractivity contribution in [3.63, 3.8) is 0 Å². The molecule has 2 aromatic carbocycles. The van der Waals surface area contributed by atoms with Gasteiger partial charge in [-0.15, -0.1) is 0 Å². The third-order valence-electron chi connectivity index (χ3n) is 3.99. The van der Waals surface area contributed by atoms with Crippen LogP contribution in [0.15, 0.2) is 56.2 Å². The van der Waals surface area contributed by atoms with E-state index < -0.39 is 5.63 Å². The molecule has 0 unspecified atom stereocenters. The molecule has 0 N–H and O–H groups in total. The Kier molecular flexibility index (Phi) is 4.29. The minimum atomic E-state index is -0.586. The average Bonchev–Trinajstić information content (AvgIpc) is 3.16. The van der Waals surface area contributed by atoms with E-state index in [4.69, 9.17) is 30.0 Å². The van der Waals surface area contributed by atoms with Crippen LogP contribution in [0, 0.1) is 0 Å². The Hall–Kier alpha value is -3.32. The Morgan fingerprint density at radius 2 is 1.89 bits per heavy atom. The fourth-order valence-corrected chi connectivity index (χ4v) is 2.93. The summed E-state index contributed by atoms with van der Waals surface area (Å²) in [6.07, 6.45) is 0. The van der Waals surface area contributed by atoms with E-state index in [0.29, 0.717) is 33.1 Å². The molecule has 0 aliphatic carbocycles. The van der Waals surface area contributed by atoms with Crippen molar-refractivity contribution < 1.29 is 18.4 Å². The number of rotatable bonds is 4. The smallest absolute Gasteiger partial charge is 0.349 e. The first-order valence-corrected chi connectivity index (χ1v) is 8.27. The molecule has 4 aromatic rings. The molecule has 2 heterocycles. The maximum atomic E-state index is 12.3. The Morgan fingerprint density at radius 3 is 2.67 bits per heavy atom. The highest BCUT2D eigenvalue weighted by Gasteiger charge is 2.20. The van der Waals surface area contributed by atoms with Crippen molar-refractivity contribution in [1.82, 2.24) is 10.1 Å². The second kappa shape index (κ2) is 6.77. The number of benzene rings is 2. The number of hydrogen-bond donors (Lipinski definition) is 0. The van der Waals surface area contributed by atoms with E-state index in [2.05, 4.69) is 10.1 Å². The van der Waals surface area contributed by atoms with E-state index in [1.807, 2.05) is 0 Å². The number of aromatic nitrogens is 2. The number of nitrogens with zero attached hydrogens (tertiary/aromatic N) is 2. The van der Waals surface area contributed by atoms with Gasteiger partial charge in [-0.2, -0.15) is 4.98 Å². The number of methoxy groups -OCH3 is 2. The van der Waals surface area contributed by atoms with E-state index in [9.17, 15) is 4.79 Å². The lowest BCUT2D eigenvalue weighted by Gasteiger charge is -2.09. The second-order valence-corrected chi connectivity index (χ2v) is 6.03. The number of para-hydroxylation sites is 1. The van der Waals surface area contributed by atoms with E-state index in [-0.39, 0.29) is 17.3 Å². The van der Waals surface area contributed by atoms with E-state index >= 15 is 0 Å². The molecule has 0 fully saturated rings. The summed E-state index contributed by atoms with van der Waals surface area (Å²) in [4.78, 5) is 16.6. The van der Waals surface area contributed by atoms with Crippen LogP contribution < -0.4 is 15.1 Å². The molecule has 0 radical (unpaired) electrons. The average molecular weight is 385 g/mol. The van der Waals surface area contributed by atoms with Gasteiger partial charge in [0, 0.05) is 10.4 Å². The quantitative estimate of drug-likeness (QED) is 0.487. The van der Waals surface area contributed by atoms with E-state index in [0.717, 1.165) is 0 Å². The monoisotopic (exact) mass is 384 g/mol. The zero-order valence-electron chi connectivity index (χ0n) is 14.4. The van der Waals surface area contributed by atoms with Crippen LogP contribution in [-0.2, 0) is 0 Å². The second-order valence-electron chi connectivity index (χ2n) is 5.59. The molecule has 0 bridgehead atoms. The molecule has 0 aliphatic heterocycles. The van der Waals surface area contributed by atoms with Gasteiger partial charge in [0.15, 0.2) is 11.5 Å². The minimum Gasteiger partial charge on any atom is -0.493 e. The van der Waals surface area contributed by atoms with Crippen LogP contribution in [0.5, 0.6) is 11.5 Å². The lowest BCUT2D eigenvalue weighted by atomic mass is 10.1. The maximum absolute atomic E-state index is 12.3. The summed E-state index contributed by atoms with van der Waals surface area (Å²) < 4.78 is 21.3. The zero-order chi connectivity index (χ0) is 19.0. The van der Waals surface area contributed by atoms with Crippen LogP contribution in [0.2, 0.25) is 5.02 Å². The van der Waals surface area contributed by atoms with Gasteiger partial charge < -0.3 is 18.4 Å². The molecule has 7 nitrogen and oxygen atoms in total. The Bertz CT molecular complexity index is 1200. The normalized spacial score (nSPS) is 10.9. The van der Waals surface area contributed by atoms with Gasteiger partial charge >= 0.3 is 5.63 Å². The van der Waals surface area contributed by atoms with Crippen molar-refractivity contribution in [2.24, 2.45) is 0 Å². The standard InChI is InChI=1S/C19H13ClN2O5/c1-24-15-5-3-4-12(16(15)25-2)17-21-18(27-22-17)13-9-10-8-11(20)6-7-14(10)26-19(13)23/h3-9H,1-2H3. The van der Waals surface area contributed by atoms with Crippen molar-refractivity contribution in [3.8, 4) is 34.3 Å². The zero-order valence-corrected chi connectivity index (χ0v) is 15.1. The van der Waals surface area contributed by atoms with Gasteiger partial charge in [0.1, 0.15) is 11.1 Å². The number of fused-ring (bicyclic) bond motifs is 1. The third kappa shape index (κ3) is 3.02.